The Balaban J connectivity index is 1.60. The minimum Gasteiger partial charge on any atom is -0.348 e. The van der Waals surface area contributed by atoms with Crippen LogP contribution in [-0.2, 0) is 11.2 Å². The molecule has 2 N–H and O–H groups in total. The fourth-order valence-corrected chi connectivity index (χ4v) is 3.39. The summed E-state index contributed by atoms with van der Waals surface area (Å²) < 4.78 is 0. The van der Waals surface area contributed by atoms with Gasteiger partial charge in [-0.05, 0) is 49.4 Å². The van der Waals surface area contributed by atoms with Crippen molar-refractivity contribution in [1.29, 1.82) is 0 Å². The topological polar surface area (TPSA) is 58.2 Å². The van der Waals surface area contributed by atoms with E-state index >= 15 is 0 Å². The molecule has 0 aliphatic carbocycles. The second-order valence-corrected chi connectivity index (χ2v) is 7.41. The van der Waals surface area contributed by atoms with E-state index in [9.17, 15) is 9.59 Å². The monoisotopic (exact) mass is 400 g/mol. The van der Waals surface area contributed by atoms with Gasteiger partial charge in [0.25, 0.3) is 5.91 Å². The molecule has 3 aromatic rings. The summed E-state index contributed by atoms with van der Waals surface area (Å²) in [6.07, 6.45) is 2.74. The highest BCUT2D eigenvalue weighted by Gasteiger charge is 2.20. The van der Waals surface area contributed by atoms with Crippen molar-refractivity contribution in [2.24, 2.45) is 0 Å². The molecule has 0 aliphatic rings. The third-order valence-electron chi connectivity index (χ3n) is 5.10. The molecule has 0 saturated heterocycles. The Hall–Kier alpha value is -3.40. The Kier molecular flexibility index (Phi) is 7.78. The quantitative estimate of drug-likeness (QED) is 0.548. The number of carbonyl (C=O) groups is 2. The Morgan fingerprint density at radius 1 is 0.767 bits per heavy atom. The molecule has 0 aromatic heterocycles. The first-order valence-corrected chi connectivity index (χ1v) is 10.4. The number of hydrogen-bond acceptors (Lipinski definition) is 2. The third kappa shape index (κ3) is 6.31. The summed E-state index contributed by atoms with van der Waals surface area (Å²) in [5, 5.41) is 5.91. The summed E-state index contributed by atoms with van der Waals surface area (Å²) in [5.74, 6) is -0.438. The third-order valence-corrected chi connectivity index (χ3v) is 5.10. The average Bonchev–Trinajstić information content (AvgIpc) is 2.80. The van der Waals surface area contributed by atoms with Gasteiger partial charge in [0, 0.05) is 5.56 Å². The molecule has 3 aromatic carbocycles. The average molecular weight is 401 g/mol. The predicted molar refractivity (Wildman–Crippen MR) is 120 cm³/mol. The number of rotatable bonds is 9. The van der Waals surface area contributed by atoms with E-state index in [4.69, 9.17) is 0 Å². The zero-order chi connectivity index (χ0) is 21.2. The predicted octanol–water partition coefficient (Wildman–Crippen LogP) is 4.69. The maximum Gasteiger partial charge on any atom is 0.251 e. The number of aryl methyl sites for hydroxylation is 1. The minimum absolute atomic E-state index is 0.0986. The Morgan fingerprint density at radius 2 is 1.33 bits per heavy atom. The highest BCUT2D eigenvalue weighted by molar-refractivity contribution is 5.97. The fourth-order valence-electron chi connectivity index (χ4n) is 3.39. The number of benzene rings is 3. The number of hydrogen-bond donors (Lipinski definition) is 2. The Labute approximate surface area is 178 Å². The molecule has 0 saturated carbocycles. The summed E-state index contributed by atoms with van der Waals surface area (Å²) in [4.78, 5) is 25.2. The van der Waals surface area contributed by atoms with Gasteiger partial charge in [0.05, 0.1) is 6.04 Å². The molecule has 0 bridgehead atoms. The van der Waals surface area contributed by atoms with E-state index in [0.29, 0.717) is 5.56 Å². The van der Waals surface area contributed by atoms with Crippen molar-refractivity contribution in [3.8, 4) is 0 Å². The van der Waals surface area contributed by atoms with Crippen molar-refractivity contribution < 1.29 is 9.59 Å². The Bertz CT molecular complexity index is 927. The molecule has 30 heavy (non-hydrogen) atoms. The van der Waals surface area contributed by atoms with Crippen LogP contribution in [0.25, 0.3) is 0 Å². The van der Waals surface area contributed by atoms with E-state index in [2.05, 4.69) is 22.8 Å². The standard InChI is InChI=1S/C26H28N2O2/c1-20(27-26(30)23-17-9-4-10-18-23)25(29)28-24(22-15-7-3-8-16-22)19-11-14-21-12-5-2-6-13-21/h2-10,12-13,15-18,20,24H,11,14,19H2,1H3,(H,27,30)(H,28,29). The molecular formula is C26H28N2O2. The van der Waals surface area contributed by atoms with Crippen LogP contribution in [-0.4, -0.2) is 17.9 Å². The molecule has 4 heteroatoms. The van der Waals surface area contributed by atoms with Gasteiger partial charge >= 0.3 is 0 Å². The minimum atomic E-state index is -0.627. The van der Waals surface area contributed by atoms with Crippen molar-refractivity contribution in [3.05, 3.63) is 108 Å². The molecule has 0 aliphatic heterocycles. The molecule has 0 radical (unpaired) electrons. The van der Waals surface area contributed by atoms with Gasteiger partial charge in [0.15, 0.2) is 0 Å². The van der Waals surface area contributed by atoms with Crippen LogP contribution in [0.15, 0.2) is 91.0 Å². The molecule has 2 atom stereocenters. The van der Waals surface area contributed by atoms with E-state index in [1.54, 1.807) is 31.2 Å². The van der Waals surface area contributed by atoms with Gasteiger partial charge in [0.2, 0.25) is 5.91 Å². The molecule has 3 rings (SSSR count). The lowest BCUT2D eigenvalue weighted by Gasteiger charge is -2.22. The van der Waals surface area contributed by atoms with Crippen LogP contribution in [0.2, 0.25) is 0 Å². The van der Waals surface area contributed by atoms with Gasteiger partial charge in [-0.1, -0.05) is 78.9 Å². The number of carbonyl (C=O) groups excluding carboxylic acids is 2. The highest BCUT2D eigenvalue weighted by Crippen LogP contribution is 2.20. The first-order valence-electron chi connectivity index (χ1n) is 10.4. The van der Waals surface area contributed by atoms with Crippen molar-refractivity contribution in [2.45, 2.75) is 38.3 Å². The van der Waals surface area contributed by atoms with Gasteiger partial charge in [-0.25, -0.2) is 0 Å². The van der Waals surface area contributed by atoms with Crippen LogP contribution >= 0.6 is 0 Å². The van der Waals surface area contributed by atoms with Gasteiger partial charge in [-0.3, -0.25) is 9.59 Å². The summed E-state index contributed by atoms with van der Waals surface area (Å²) in [6, 6.07) is 28.5. The normalized spacial score (nSPS) is 12.6. The molecule has 2 unspecified atom stereocenters. The fraction of sp³-hybridized carbons (Fsp3) is 0.231. The molecule has 0 spiro atoms. The van der Waals surface area contributed by atoms with Crippen LogP contribution in [0.1, 0.15) is 47.3 Å². The summed E-state index contributed by atoms with van der Waals surface area (Å²) >= 11 is 0. The Morgan fingerprint density at radius 3 is 1.97 bits per heavy atom. The number of nitrogens with one attached hydrogen (secondary N) is 2. The molecule has 154 valence electrons. The van der Waals surface area contributed by atoms with Crippen LogP contribution in [0, 0.1) is 0 Å². The molecule has 2 amide bonds. The van der Waals surface area contributed by atoms with Crippen LogP contribution in [0.4, 0.5) is 0 Å². The second kappa shape index (κ2) is 11.0. The summed E-state index contributed by atoms with van der Waals surface area (Å²) in [6.45, 7) is 1.71. The van der Waals surface area contributed by atoms with E-state index in [-0.39, 0.29) is 17.9 Å². The lowest BCUT2D eigenvalue weighted by Crippen LogP contribution is -2.45. The maximum atomic E-state index is 12.8. The van der Waals surface area contributed by atoms with Gasteiger partial charge in [-0.2, -0.15) is 0 Å². The molecule has 0 heterocycles. The summed E-state index contributed by atoms with van der Waals surface area (Å²) in [7, 11) is 0. The van der Waals surface area contributed by atoms with E-state index in [1.807, 2.05) is 54.6 Å². The van der Waals surface area contributed by atoms with Crippen LogP contribution in [0.5, 0.6) is 0 Å². The first kappa shape index (κ1) is 21.3. The van der Waals surface area contributed by atoms with Gasteiger partial charge in [0.1, 0.15) is 6.04 Å². The SMILES string of the molecule is CC(NC(=O)c1ccccc1)C(=O)NC(CCCc1ccccc1)c1ccccc1. The van der Waals surface area contributed by atoms with Gasteiger partial charge < -0.3 is 10.6 Å². The highest BCUT2D eigenvalue weighted by atomic mass is 16.2. The van der Waals surface area contributed by atoms with Crippen molar-refractivity contribution in [2.75, 3.05) is 0 Å². The smallest absolute Gasteiger partial charge is 0.251 e. The lowest BCUT2D eigenvalue weighted by atomic mass is 9.98. The largest absolute Gasteiger partial charge is 0.348 e. The zero-order valence-electron chi connectivity index (χ0n) is 17.3. The maximum absolute atomic E-state index is 12.8. The second-order valence-electron chi connectivity index (χ2n) is 7.41. The number of amides is 2. The van der Waals surface area contributed by atoms with Crippen molar-refractivity contribution in [3.63, 3.8) is 0 Å². The van der Waals surface area contributed by atoms with E-state index < -0.39 is 6.04 Å². The van der Waals surface area contributed by atoms with Gasteiger partial charge in [-0.15, -0.1) is 0 Å². The molecule has 4 nitrogen and oxygen atoms in total. The first-order chi connectivity index (χ1) is 14.6. The van der Waals surface area contributed by atoms with Crippen LogP contribution < -0.4 is 10.6 Å². The van der Waals surface area contributed by atoms with Crippen molar-refractivity contribution >= 4 is 11.8 Å². The zero-order valence-corrected chi connectivity index (χ0v) is 17.3. The molecule has 0 fully saturated rings. The summed E-state index contributed by atoms with van der Waals surface area (Å²) in [5.41, 5.74) is 2.90. The van der Waals surface area contributed by atoms with E-state index in [1.165, 1.54) is 5.56 Å². The van der Waals surface area contributed by atoms with Crippen LogP contribution in [0.3, 0.4) is 0 Å². The van der Waals surface area contributed by atoms with Crippen molar-refractivity contribution in [1.82, 2.24) is 10.6 Å². The van der Waals surface area contributed by atoms with E-state index in [0.717, 1.165) is 24.8 Å². The lowest BCUT2D eigenvalue weighted by molar-refractivity contribution is -0.123. The molecular weight excluding hydrogens is 372 g/mol.